The van der Waals surface area contributed by atoms with E-state index in [0.29, 0.717) is 12.0 Å². The normalized spacial score (nSPS) is 15.2. The molecule has 0 aliphatic rings. The molecular weight excluding hydrogens is 458 g/mol. The summed E-state index contributed by atoms with van der Waals surface area (Å²) in [7, 11) is 0. The van der Waals surface area contributed by atoms with Crippen LogP contribution in [0.4, 0.5) is 4.79 Å². The minimum Gasteiger partial charge on any atom is -0.480 e. The van der Waals surface area contributed by atoms with Crippen LogP contribution in [0.5, 0.6) is 11.5 Å². The Hall–Kier alpha value is -3.14. The van der Waals surface area contributed by atoms with Gasteiger partial charge in [-0.3, -0.25) is 14.4 Å². The Balaban J connectivity index is 3.31. The highest BCUT2D eigenvalue weighted by atomic mass is 16.7. The molecule has 0 saturated heterocycles. The molecule has 0 fully saturated rings. The number of hydrogen-bond acceptors (Lipinski definition) is 9. The van der Waals surface area contributed by atoms with Crippen LogP contribution in [-0.4, -0.2) is 47.4 Å². The molecule has 0 radical (unpaired) electrons. The lowest BCUT2D eigenvalue weighted by atomic mass is 9.79. The van der Waals surface area contributed by atoms with E-state index in [1.54, 1.807) is 40.7 Å². The molecule has 10 heteroatoms. The van der Waals surface area contributed by atoms with Crippen LogP contribution < -0.4 is 15.2 Å². The largest absolute Gasteiger partial charge is 0.508 e. The van der Waals surface area contributed by atoms with E-state index in [0.717, 1.165) is 6.42 Å². The number of rotatable bonds is 13. The van der Waals surface area contributed by atoms with Crippen molar-refractivity contribution >= 4 is 24.1 Å². The van der Waals surface area contributed by atoms with Gasteiger partial charge in [-0.2, -0.15) is 0 Å². The first-order chi connectivity index (χ1) is 16.4. The molecule has 0 aliphatic heterocycles. The molecule has 0 spiro atoms. The van der Waals surface area contributed by atoms with Gasteiger partial charge in [-0.15, -0.1) is 0 Å². The van der Waals surface area contributed by atoms with E-state index in [-0.39, 0.29) is 30.4 Å². The third kappa shape index (κ3) is 9.20. The second kappa shape index (κ2) is 14.3. The number of aliphatic carboxylic acids is 1. The van der Waals surface area contributed by atoms with E-state index in [2.05, 4.69) is 0 Å². The van der Waals surface area contributed by atoms with Crippen molar-refractivity contribution in [3.05, 3.63) is 23.8 Å². The van der Waals surface area contributed by atoms with Crippen molar-refractivity contribution in [2.24, 2.45) is 11.7 Å². The maximum atomic E-state index is 12.2. The first-order valence-corrected chi connectivity index (χ1v) is 11.9. The number of ether oxygens (including phenoxy) is 4. The quantitative estimate of drug-likeness (QED) is 0.301. The molecule has 1 aromatic carbocycles. The Morgan fingerprint density at radius 3 is 2.00 bits per heavy atom. The fourth-order valence-electron chi connectivity index (χ4n) is 3.49. The molecule has 3 N–H and O–H groups in total. The summed E-state index contributed by atoms with van der Waals surface area (Å²) in [5.74, 6) is -3.79. The molecule has 0 aliphatic carbocycles. The predicted octanol–water partition coefficient (Wildman–Crippen LogP) is 4.18. The SMILES string of the molecule is CCCC(C)OC(=O)OC(C)C(C)C(c1ccc(OC(=O)CC)c(OC(=O)CC)c1)[C@H](N)C(=O)O. The second-order valence-corrected chi connectivity index (χ2v) is 8.40. The molecule has 0 amide bonds. The predicted molar refractivity (Wildman–Crippen MR) is 127 cm³/mol. The molecule has 196 valence electrons. The van der Waals surface area contributed by atoms with Crippen LogP contribution in [-0.2, 0) is 23.9 Å². The van der Waals surface area contributed by atoms with Gasteiger partial charge >= 0.3 is 24.1 Å². The number of carboxylic acids is 1. The standard InChI is InChI=1S/C25H37NO9/c1-7-10-14(4)32-25(31)33-16(6)15(5)22(23(26)24(29)30)17-11-12-18(34-20(27)8-2)19(13-17)35-21(28)9-3/h11-16,22-23H,7-10,26H2,1-6H3,(H,29,30)/t14?,15?,16?,22?,23-/m0/s1. The minimum atomic E-state index is -1.37. The Morgan fingerprint density at radius 1 is 0.914 bits per heavy atom. The molecule has 5 atom stereocenters. The van der Waals surface area contributed by atoms with Crippen LogP contribution in [0.1, 0.15) is 78.7 Å². The number of benzene rings is 1. The van der Waals surface area contributed by atoms with E-state index in [1.165, 1.54) is 12.1 Å². The second-order valence-electron chi connectivity index (χ2n) is 8.40. The van der Waals surface area contributed by atoms with Gasteiger partial charge in [-0.1, -0.05) is 40.2 Å². The molecule has 10 nitrogen and oxygen atoms in total. The molecule has 1 aromatic rings. The monoisotopic (exact) mass is 495 g/mol. The first-order valence-electron chi connectivity index (χ1n) is 11.9. The summed E-state index contributed by atoms with van der Waals surface area (Å²) in [5.41, 5.74) is 6.44. The summed E-state index contributed by atoms with van der Waals surface area (Å²) >= 11 is 0. The topological polar surface area (TPSA) is 151 Å². The molecule has 4 unspecified atom stereocenters. The number of nitrogens with two attached hydrogens (primary N) is 1. The Morgan fingerprint density at radius 2 is 1.49 bits per heavy atom. The average molecular weight is 496 g/mol. The third-order valence-corrected chi connectivity index (χ3v) is 5.63. The van der Waals surface area contributed by atoms with Gasteiger partial charge in [0.05, 0.1) is 0 Å². The third-order valence-electron chi connectivity index (χ3n) is 5.63. The van der Waals surface area contributed by atoms with Gasteiger partial charge in [0.15, 0.2) is 11.5 Å². The Kier molecular flexibility index (Phi) is 12.2. The molecule has 0 heterocycles. The van der Waals surface area contributed by atoms with Crippen LogP contribution >= 0.6 is 0 Å². The van der Waals surface area contributed by atoms with Crippen LogP contribution in [0.25, 0.3) is 0 Å². The van der Waals surface area contributed by atoms with E-state index in [9.17, 15) is 24.3 Å². The zero-order chi connectivity index (χ0) is 26.7. The van der Waals surface area contributed by atoms with Crippen molar-refractivity contribution in [1.29, 1.82) is 0 Å². The van der Waals surface area contributed by atoms with Crippen molar-refractivity contribution in [3.8, 4) is 11.5 Å². The highest BCUT2D eigenvalue weighted by Gasteiger charge is 2.36. The molecule has 1 rings (SSSR count). The fourth-order valence-corrected chi connectivity index (χ4v) is 3.49. The van der Waals surface area contributed by atoms with Gasteiger partial charge in [-0.05, 0) is 38.0 Å². The Labute approximate surface area is 206 Å². The van der Waals surface area contributed by atoms with Gasteiger partial charge in [0.1, 0.15) is 18.2 Å². The zero-order valence-corrected chi connectivity index (χ0v) is 21.2. The van der Waals surface area contributed by atoms with Crippen LogP contribution in [0.2, 0.25) is 0 Å². The zero-order valence-electron chi connectivity index (χ0n) is 21.2. The number of carbonyl (C=O) groups excluding carboxylic acids is 3. The summed E-state index contributed by atoms with van der Waals surface area (Å²) in [5, 5.41) is 9.65. The smallest absolute Gasteiger partial charge is 0.480 e. The minimum absolute atomic E-state index is 0.0236. The van der Waals surface area contributed by atoms with Crippen LogP contribution in [0.15, 0.2) is 18.2 Å². The fraction of sp³-hybridized carbons (Fsp3) is 0.600. The van der Waals surface area contributed by atoms with Crippen LogP contribution in [0.3, 0.4) is 0 Å². The maximum Gasteiger partial charge on any atom is 0.508 e. The number of esters is 2. The lowest BCUT2D eigenvalue weighted by Crippen LogP contribution is -2.42. The van der Waals surface area contributed by atoms with Crippen molar-refractivity contribution < 1.29 is 43.2 Å². The van der Waals surface area contributed by atoms with E-state index >= 15 is 0 Å². The van der Waals surface area contributed by atoms with E-state index in [1.807, 2.05) is 6.92 Å². The summed E-state index contributed by atoms with van der Waals surface area (Å²) < 4.78 is 21.2. The number of carbonyl (C=O) groups is 4. The van der Waals surface area contributed by atoms with E-state index in [4.69, 9.17) is 24.7 Å². The van der Waals surface area contributed by atoms with Gasteiger partial charge < -0.3 is 29.8 Å². The van der Waals surface area contributed by atoms with Crippen molar-refractivity contribution in [2.45, 2.75) is 91.4 Å². The van der Waals surface area contributed by atoms with Gasteiger partial charge in [-0.25, -0.2) is 4.79 Å². The average Bonchev–Trinajstić information content (AvgIpc) is 2.80. The van der Waals surface area contributed by atoms with Gasteiger partial charge in [0.25, 0.3) is 0 Å². The summed E-state index contributed by atoms with van der Waals surface area (Å²) in [6.45, 7) is 10.3. The van der Waals surface area contributed by atoms with Crippen molar-refractivity contribution in [1.82, 2.24) is 0 Å². The number of hydrogen-bond donors (Lipinski definition) is 2. The van der Waals surface area contributed by atoms with Gasteiger partial charge in [0.2, 0.25) is 0 Å². The first kappa shape index (κ1) is 29.9. The summed E-state index contributed by atoms with van der Waals surface area (Å²) in [4.78, 5) is 47.8. The van der Waals surface area contributed by atoms with E-state index < -0.39 is 48.0 Å². The lowest BCUT2D eigenvalue weighted by molar-refractivity contribution is -0.140. The molecule has 0 aromatic heterocycles. The highest BCUT2D eigenvalue weighted by molar-refractivity contribution is 5.77. The molecule has 0 saturated carbocycles. The lowest BCUT2D eigenvalue weighted by Gasteiger charge is -2.31. The van der Waals surface area contributed by atoms with Crippen molar-refractivity contribution in [2.75, 3.05) is 0 Å². The van der Waals surface area contributed by atoms with Crippen molar-refractivity contribution in [3.63, 3.8) is 0 Å². The van der Waals surface area contributed by atoms with Gasteiger partial charge in [0, 0.05) is 24.7 Å². The summed E-state index contributed by atoms with van der Waals surface area (Å²) in [6.07, 6.45) is -0.235. The van der Waals surface area contributed by atoms with Crippen LogP contribution in [0, 0.1) is 5.92 Å². The summed E-state index contributed by atoms with van der Waals surface area (Å²) in [6, 6.07) is 3.01. The molecule has 0 bridgehead atoms. The number of carboxylic acid groups (broad SMARTS) is 1. The molecule has 35 heavy (non-hydrogen) atoms. The molecular formula is C25H37NO9. The highest BCUT2D eigenvalue weighted by Crippen LogP contribution is 2.37. The Bertz CT molecular complexity index is 886. The maximum absolute atomic E-state index is 12.2.